The summed E-state index contributed by atoms with van der Waals surface area (Å²) in [6, 6.07) is 1.61. The second-order valence-corrected chi connectivity index (χ2v) is 5.00. The van der Waals surface area contributed by atoms with Gasteiger partial charge in [0.1, 0.15) is 0 Å². The maximum Gasteiger partial charge on any atom is 0.00696 e. The molecule has 1 N–H and O–H groups in total. The van der Waals surface area contributed by atoms with Crippen LogP contribution in [0.1, 0.15) is 65.7 Å². The topological polar surface area (TPSA) is 12.0 Å². The average Bonchev–Trinajstić information content (AvgIpc) is 2.69. The summed E-state index contributed by atoms with van der Waals surface area (Å²) in [4.78, 5) is 0. The molecule has 2 unspecified atom stereocenters. The highest BCUT2D eigenvalue weighted by molar-refractivity contribution is 4.78. The molecule has 2 atom stereocenters. The standard InChI is InChI=1S/C13H27N/c1-4-11(3)10-12(5-2)14-13-8-6-7-9-13/h11-14H,4-10H2,1-3H3. The van der Waals surface area contributed by atoms with Crippen LogP contribution >= 0.6 is 0 Å². The Labute approximate surface area is 89.7 Å². The summed E-state index contributed by atoms with van der Waals surface area (Å²) in [6.45, 7) is 6.99. The zero-order valence-corrected chi connectivity index (χ0v) is 10.2. The van der Waals surface area contributed by atoms with E-state index in [0.29, 0.717) is 0 Å². The van der Waals surface area contributed by atoms with E-state index in [1.165, 1.54) is 44.9 Å². The van der Waals surface area contributed by atoms with E-state index < -0.39 is 0 Å². The van der Waals surface area contributed by atoms with Crippen LogP contribution in [0, 0.1) is 5.92 Å². The van der Waals surface area contributed by atoms with Gasteiger partial charge in [0.25, 0.3) is 0 Å². The molecule has 84 valence electrons. The summed E-state index contributed by atoms with van der Waals surface area (Å²) in [6.07, 6.45) is 9.69. The Morgan fingerprint density at radius 3 is 2.29 bits per heavy atom. The fourth-order valence-corrected chi connectivity index (χ4v) is 2.43. The van der Waals surface area contributed by atoms with Crippen LogP contribution in [-0.4, -0.2) is 12.1 Å². The van der Waals surface area contributed by atoms with Crippen molar-refractivity contribution in [3.05, 3.63) is 0 Å². The molecule has 1 fully saturated rings. The summed E-state index contributed by atoms with van der Waals surface area (Å²) < 4.78 is 0. The van der Waals surface area contributed by atoms with Gasteiger partial charge in [-0.05, 0) is 31.6 Å². The van der Waals surface area contributed by atoms with Gasteiger partial charge in [-0.15, -0.1) is 0 Å². The van der Waals surface area contributed by atoms with Crippen molar-refractivity contribution in [2.75, 3.05) is 0 Å². The van der Waals surface area contributed by atoms with Gasteiger partial charge in [-0.1, -0.05) is 40.0 Å². The maximum absolute atomic E-state index is 3.83. The van der Waals surface area contributed by atoms with E-state index in [-0.39, 0.29) is 0 Å². The Hall–Kier alpha value is -0.0400. The molecule has 0 amide bonds. The SMILES string of the molecule is CCC(C)CC(CC)NC1CCCC1. The second-order valence-electron chi connectivity index (χ2n) is 5.00. The quantitative estimate of drug-likeness (QED) is 0.684. The van der Waals surface area contributed by atoms with Crippen molar-refractivity contribution in [2.24, 2.45) is 5.92 Å². The van der Waals surface area contributed by atoms with Crippen LogP contribution in [0.3, 0.4) is 0 Å². The largest absolute Gasteiger partial charge is 0.311 e. The molecule has 0 saturated heterocycles. The molecule has 14 heavy (non-hydrogen) atoms. The molecule has 0 radical (unpaired) electrons. The van der Waals surface area contributed by atoms with Crippen LogP contribution in [-0.2, 0) is 0 Å². The normalized spacial score (nSPS) is 22.5. The molecule has 1 saturated carbocycles. The Bertz CT molecular complexity index is 138. The molecule has 1 aliphatic rings. The summed E-state index contributed by atoms with van der Waals surface area (Å²) in [5, 5.41) is 3.83. The minimum atomic E-state index is 0.771. The summed E-state index contributed by atoms with van der Waals surface area (Å²) in [7, 11) is 0. The van der Waals surface area contributed by atoms with Crippen LogP contribution < -0.4 is 5.32 Å². The molecule has 0 spiro atoms. The molecular formula is C13H27N. The predicted octanol–water partition coefficient (Wildman–Crippen LogP) is 3.73. The molecular weight excluding hydrogens is 170 g/mol. The first kappa shape index (κ1) is 12.0. The van der Waals surface area contributed by atoms with Crippen molar-refractivity contribution >= 4 is 0 Å². The molecule has 1 heteroatoms. The van der Waals surface area contributed by atoms with Gasteiger partial charge in [-0.25, -0.2) is 0 Å². The van der Waals surface area contributed by atoms with Gasteiger partial charge in [-0.3, -0.25) is 0 Å². The van der Waals surface area contributed by atoms with Crippen LogP contribution in [0.5, 0.6) is 0 Å². The highest BCUT2D eigenvalue weighted by Gasteiger charge is 2.18. The Morgan fingerprint density at radius 1 is 1.14 bits per heavy atom. The molecule has 0 bridgehead atoms. The minimum absolute atomic E-state index is 0.771. The van der Waals surface area contributed by atoms with Crippen molar-refractivity contribution in [3.63, 3.8) is 0 Å². The van der Waals surface area contributed by atoms with E-state index in [1.807, 2.05) is 0 Å². The van der Waals surface area contributed by atoms with E-state index in [9.17, 15) is 0 Å². The predicted molar refractivity (Wildman–Crippen MR) is 63.5 cm³/mol. The van der Waals surface area contributed by atoms with Gasteiger partial charge >= 0.3 is 0 Å². The third-order valence-corrected chi connectivity index (χ3v) is 3.70. The minimum Gasteiger partial charge on any atom is -0.311 e. The van der Waals surface area contributed by atoms with Crippen molar-refractivity contribution < 1.29 is 0 Å². The molecule has 0 aromatic carbocycles. The van der Waals surface area contributed by atoms with Gasteiger partial charge in [-0.2, -0.15) is 0 Å². The third kappa shape index (κ3) is 4.00. The molecule has 0 aromatic heterocycles. The van der Waals surface area contributed by atoms with Crippen LogP contribution in [0.25, 0.3) is 0 Å². The smallest absolute Gasteiger partial charge is 0.00696 e. The van der Waals surface area contributed by atoms with E-state index in [1.54, 1.807) is 0 Å². The highest BCUT2D eigenvalue weighted by atomic mass is 15.0. The number of hydrogen-bond acceptors (Lipinski definition) is 1. The first-order chi connectivity index (χ1) is 6.76. The Morgan fingerprint density at radius 2 is 1.79 bits per heavy atom. The lowest BCUT2D eigenvalue weighted by Gasteiger charge is -2.24. The zero-order chi connectivity index (χ0) is 10.4. The van der Waals surface area contributed by atoms with E-state index in [0.717, 1.165) is 18.0 Å². The van der Waals surface area contributed by atoms with Gasteiger partial charge in [0.15, 0.2) is 0 Å². The lowest BCUT2D eigenvalue weighted by atomic mass is 9.97. The summed E-state index contributed by atoms with van der Waals surface area (Å²) in [5.41, 5.74) is 0. The van der Waals surface area contributed by atoms with Crippen LogP contribution in [0.2, 0.25) is 0 Å². The van der Waals surface area contributed by atoms with Gasteiger partial charge in [0, 0.05) is 12.1 Å². The fourth-order valence-electron chi connectivity index (χ4n) is 2.43. The summed E-state index contributed by atoms with van der Waals surface area (Å²) in [5.74, 6) is 0.883. The number of rotatable bonds is 6. The van der Waals surface area contributed by atoms with Gasteiger partial charge in [0.2, 0.25) is 0 Å². The molecule has 1 rings (SSSR count). The Balaban J connectivity index is 2.22. The van der Waals surface area contributed by atoms with Crippen molar-refractivity contribution in [2.45, 2.75) is 77.8 Å². The highest BCUT2D eigenvalue weighted by Crippen LogP contribution is 2.20. The van der Waals surface area contributed by atoms with Gasteiger partial charge < -0.3 is 5.32 Å². The fraction of sp³-hybridized carbons (Fsp3) is 1.00. The second kappa shape index (κ2) is 6.44. The third-order valence-electron chi connectivity index (χ3n) is 3.70. The molecule has 1 aliphatic carbocycles. The summed E-state index contributed by atoms with van der Waals surface area (Å²) >= 11 is 0. The first-order valence-corrected chi connectivity index (χ1v) is 6.52. The first-order valence-electron chi connectivity index (χ1n) is 6.52. The van der Waals surface area contributed by atoms with Gasteiger partial charge in [0.05, 0.1) is 0 Å². The van der Waals surface area contributed by atoms with E-state index in [4.69, 9.17) is 0 Å². The lowest BCUT2D eigenvalue weighted by Crippen LogP contribution is -2.37. The van der Waals surface area contributed by atoms with Crippen LogP contribution in [0.15, 0.2) is 0 Å². The molecule has 0 aromatic rings. The molecule has 0 heterocycles. The van der Waals surface area contributed by atoms with E-state index in [2.05, 4.69) is 26.1 Å². The lowest BCUT2D eigenvalue weighted by molar-refractivity contribution is 0.349. The zero-order valence-electron chi connectivity index (χ0n) is 10.2. The van der Waals surface area contributed by atoms with Crippen molar-refractivity contribution in [1.29, 1.82) is 0 Å². The Kier molecular flexibility index (Phi) is 5.54. The monoisotopic (exact) mass is 197 g/mol. The molecule has 1 nitrogen and oxygen atoms in total. The maximum atomic E-state index is 3.83. The number of nitrogens with one attached hydrogen (secondary N) is 1. The van der Waals surface area contributed by atoms with E-state index >= 15 is 0 Å². The van der Waals surface area contributed by atoms with Crippen molar-refractivity contribution in [1.82, 2.24) is 5.32 Å². The van der Waals surface area contributed by atoms with Crippen molar-refractivity contribution in [3.8, 4) is 0 Å². The van der Waals surface area contributed by atoms with Crippen LogP contribution in [0.4, 0.5) is 0 Å². The molecule has 0 aliphatic heterocycles. The average molecular weight is 197 g/mol. The number of hydrogen-bond donors (Lipinski definition) is 1.